The van der Waals surface area contributed by atoms with Crippen LogP contribution in [0.25, 0.3) is 0 Å². The lowest BCUT2D eigenvalue weighted by atomic mass is 10.1. The van der Waals surface area contributed by atoms with Crippen LogP contribution in [0.3, 0.4) is 0 Å². The van der Waals surface area contributed by atoms with Gasteiger partial charge in [0.2, 0.25) is 5.91 Å². The van der Waals surface area contributed by atoms with Crippen molar-refractivity contribution in [1.29, 1.82) is 0 Å². The Morgan fingerprint density at radius 1 is 1.29 bits per heavy atom. The van der Waals surface area contributed by atoms with E-state index in [0.717, 1.165) is 6.42 Å². The third kappa shape index (κ3) is 6.06. The molecule has 28 heavy (non-hydrogen) atoms. The Morgan fingerprint density at radius 3 is 2.61 bits per heavy atom. The average molecular weight is 409 g/mol. The van der Waals surface area contributed by atoms with Crippen LogP contribution in [0.15, 0.2) is 18.2 Å². The summed E-state index contributed by atoms with van der Waals surface area (Å²) in [5, 5.41) is 2.97. The van der Waals surface area contributed by atoms with Crippen molar-refractivity contribution in [2.75, 3.05) is 25.3 Å². The summed E-state index contributed by atoms with van der Waals surface area (Å²) in [4.78, 5) is 27.3. The molecule has 0 radical (unpaired) electrons. The molecule has 2 rings (SSSR count). The van der Waals surface area contributed by atoms with Gasteiger partial charge in [0.15, 0.2) is 11.5 Å². The number of hydrogen-bond donors (Lipinski definition) is 1. The van der Waals surface area contributed by atoms with E-state index < -0.39 is 6.04 Å². The topological polar surface area (TPSA) is 67.9 Å². The number of benzene rings is 1. The van der Waals surface area contributed by atoms with Crippen molar-refractivity contribution in [1.82, 2.24) is 10.2 Å². The number of rotatable bonds is 7. The molecule has 1 saturated heterocycles. The Bertz CT molecular complexity index is 700. The molecule has 1 aromatic carbocycles. The zero-order chi connectivity index (χ0) is 20.9. The molecule has 1 fully saturated rings. The van der Waals surface area contributed by atoms with Crippen LogP contribution in [0.5, 0.6) is 11.5 Å². The van der Waals surface area contributed by atoms with Crippen molar-refractivity contribution in [2.24, 2.45) is 5.92 Å². The molecule has 7 heteroatoms. The van der Waals surface area contributed by atoms with Crippen LogP contribution in [-0.4, -0.2) is 53.6 Å². The van der Waals surface area contributed by atoms with Gasteiger partial charge in [0.25, 0.3) is 5.91 Å². The minimum atomic E-state index is -0.468. The molecule has 0 spiro atoms. The van der Waals surface area contributed by atoms with Crippen LogP contribution in [-0.2, 0) is 4.79 Å². The Kier molecular flexibility index (Phi) is 7.63. The lowest BCUT2D eigenvalue weighted by molar-refractivity contribution is -0.125. The molecule has 1 unspecified atom stereocenters. The second-order valence-corrected chi connectivity index (χ2v) is 9.43. The van der Waals surface area contributed by atoms with Gasteiger partial charge in [-0.1, -0.05) is 13.8 Å². The van der Waals surface area contributed by atoms with E-state index in [1.165, 1.54) is 0 Å². The molecule has 156 valence electrons. The van der Waals surface area contributed by atoms with Gasteiger partial charge in [-0.3, -0.25) is 9.59 Å². The third-order valence-corrected chi connectivity index (χ3v) is 5.32. The number of carbonyl (C=O) groups excluding carboxylic acids is 2. The highest BCUT2D eigenvalue weighted by molar-refractivity contribution is 7.99. The summed E-state index contributed by atoms with van der Waals surface area (Å²) < 4.78 is 11.2. The van der Waals surface area contributed by atoms with E-state index in [9.17, 15) is 9.59 Å². The molecule has 1 heterocycles. The second-order valence-electron chi connectivity index (χ2n) is 8.43. The SMILES string of the molecule is COc1cc(C(=O)N2CSCC2C(=O)NC(C)(C)C)ccc1OCCC(C)C. The number of nitrogens with zero attached hydrogens (tertiary/aromatic N) is 1. The van der Waals surface area contributed by atoms with Gasteiger partial charge >= 0.3 is 0 Å². The second kappa shape index (κ2) is 9.54. The van der Waals surface area contributed by atoms with Crippen molar-refractivity contribution >= 4 is 23.6 Å². The van der Waals surface area contributed by atoms with E-state index in [2.05, 4.69) is 19.2 Å². The van der Waals surface area contributed by atoms with E-state index in [-0.39, 0.29) is 17.4 Å². The Labute approximate surface area is 172 Å². The summed E-state index contributed by atoms with van der Waals surface area (Å²) in [6.07, 6.45) is 0.944. The molecule has 1 atom stereocenters. The summed E-state index contributed by atoms with van der Waals surface area (Å²) in [6, 6.07) is 4.72. The van der Waals surface area contributed by atoms with Crippen LogP contribution in [0.2, 0.25) is 0 Å². The van der Waals surface area contributed by atoms with Crippen molar-refractivity contribution in [3.63, 3.8) is 0 Å². The molecule has 1 aliphatic heterocycles. The number of methoxy groups -OCH3 is 1. The van der Waals surface area contributed by atoms with Crippen molar-refractivity contribution in [2.45, 2.75) is 52.6 Å². The molecule has 1 aliphatic rings. The summed E-state index contributed by atoms with van der Waals surface area (Å²) in [6.45, 7) is 10.7. The third-order valence-electron chi connectivity index (χ3n) is 4.31. The summed E-state index contributed by atoms with van der Waals surface area (Å²) in [7, 11) is 1.56. The first-order chi connectivity index (χ1) is 13.1. The van der Waals surface area contributed by atoms with Gasteiger partial charge in [0.05, 0.1) is 19.6 Å². The van der Waals surface area contributed by atoms with Gasteiger partial charge < -0.3 is 19.7 Å². The highest BCUT2D eigenvalue weighted by atomic mass is 32.2. The first-order valence-corrected chi connectivity index (χ1v) is 10.8. The Morgan fingerprint density at radius 2 is 2.00 bits per heavy atom. The predicted octanol–water partition coefficient (Wildman–Crippen LogP) is 3.55. The number of ether oxygens (including phenoxy) is 2. The maximum atomic E-state index is 13.0. The molecule has 0 saturated carbocycles. The zero-order valence-corrected chi connectivity index (χ0v) is 18.5. The molecular weight excluding hydrogens is 376 g/mol. The molecule has 1 N–H and O–H groups in total. The number of carbonyl (C=O) groups is 2. The van der Waals surface area contributed by atoms with Crippen LogP contribution >= 0.6 is 11.8 Å². The molecule has 0 aliphatic carbocycles. The van der Waals surface area contributed by atoms with Crippen molar-refractivity contribution in [3.8, 4) is 11.5 Å². The van der Waals surface area contributed by atoms with Crippen molar-refractivity contribution < 1.29 is 19.1 Å². The maximum Gasteiger partial charge on any atom is 0.255 e. The minimum absolute atomic E-state index is 0.119. The fraction of sp³-hybridized carbons (Fsp3) is 0.619. The highest BCUT2D eigenvalue weighted by Gasteiger charge is 2.36. The van der Waals surface area contributed by atoms with Gasteiger partial charge in [-0.15, -0.1) is 11.8 Å². The normalized spacial score (nSPS) is 17.0. The molecular formula is C21H32N2O4S. The first kappa shape index (κ1) is 22.4. The first-order valence-electron chi connectivity index (χ1n) is 9.64. The van der Waals surface area contributed by atoms with Gasteiger partial charge in [-0.25, -0.2) is 0 Å². The van der Waals surface area contributed by atoms with Crippen LogP contribution in [0.1, 0.15) is 51.4 Å². The van der Waals surface area contributed by atoms with Crippen molar-refractivity contribution in [3.05, 3.63) is 23.8 Å². The van der Waals surface area contributed by atoms with Gasteiger partial charge in [0.1, 0.15) is 6.04 Å². The summed E-state index contributed by atoms with van der Waals surface area (Å²) >= 11 is 1.58. The van der Waals surface area contributed by atoms with Crippen LogP contribution < -0.4 is 14.8 Å². The fourth-order valence-electron chi connectivity index (χ4n) is 2.80. The van der Waals surface area contributed by atoms with E-state index in [1.54, 1.807) is 42.0 Å². The Hall–Kier alpha value is -1.89. The molecule has 1 aromatic rings. The van der Waals surface area contributed by atoms with Crippen LogP contribution in [0.4, 0.5) is 0 Å². The van der Waals surface area contributed by atoms with Gasteiger partial charge in [-0.05, 0) is 51.3 Å². The van der Waals surface area contributed by atoms with E-state index in [1.807, 2.05) is 20.8 Å². The highest BCUT2D eigenvalue weighted by Crippen LogP contribution is 2.31. The number of amides is 2. The minimum Gasteiger partial charge on any atom is -0.493 e. The maximum absolute atomic E-state index is 13.0. The molecule has 0 aromatic heterocycles. The van der Waals surface area contributed by atoms with E-state index in [4.69, 9.17) is 9.47 Å². The standard InChI is InChI=1S/C21H32N2O4S/c1-14(2)9-10-27-17-8-7-15(11-18(17)26-6)20(25)23-13-28-12-16(23)19(24)22-21(3,4)5/h7-8,11,14,16H,9-10,12-13H2,1-6H3,(H,22,24). The van der Waals surface area contributed by atoms with Gasteiger partial charge in [0, 0.05) is 16.9 Å². The summed E-state index contributed by atoms with van der Waals surface area (Å²) in [5.41, 5.74) is 0.154. The molecule has 6 nitrogen and oxygen atoms in total. The largest absolute Gasteiger partial charge is 0.493 e. The Balaban J connectivity index is 2.13. The predicted molar refractivity (Wildman–Crippen MR) is 113 cm³/mol. The monoisotopic (exact) mass is 408 g/mol. The smallest absolute Gasteiger partial charge is 0.255 e. The summed E-state index contributed by atoms with van der Waals surface area (Å²) in [5.74, 6) is 2.50. The van der Waals surface area contributed by atoms with Crippen LogP contribution in [0, 0.1) is 5.92 Å². The number of nitrogens with one attached hydrogen (secondary N) is 1. The zero-order valence-electron chi connectivity index (χ0n) is 17.7. The fourth-order valence-corrected chi connectivity index (χ4v) is 3.96. The van der Waals surface area contributed by atoms with E-state index >= 15 is 0 Å². The number of hydrogen-bond acceptors (Lipinski definition) is 5. The lowest BCUT2D eigenvalue weighted by Gasteiger charge is -2.28. The molecule has 2 amide bonds. The number of thioether (sulfide) groups is 1. The van der Waals surface area contributed by atoms with E-state index in [0.29, 0.717) is 41.2 Å². The van der Waals surface area contributed by atoms with Gasteiger partial charge in [-0.2, -0.15) is 0 Å². The quantitative estimate of drug-likeness (QED) is 0.747. The molecule has 0 bridgehead atoms. The average Bonchev–Trinajstić information content (AvgIpc) is 3.09. The lowest BCUT2D eigenvalue weighted by Crippen LogP contribution is -2.52.